The van der Waals surface area contributed by atoms with Crippen LogP contribution in [0.3, 0.4) is 0 Å². The third kappa shape index (κ3) is 5.23. The number of benzene rings is 3. The number of halogens is 2. The first-order valence-electron chi connectivity index (χ1n) is 10.3. The number of hydrogen-bond acceptors (Lipinski definition) is 3. The highest BCUT2D eigenvalue weighted by molar-refractivity contribution is 9.10. The summed E-state index contributed by atoms with van der Waals surface area (Å²) in [7, 11) is 0. The normalized spacial score (nSPS) is 17.7. The fourth-order valence-electron chi connectivity index (χ4n) is 3.75. The van der Waals surface area contributed by atoms with E-state index in [-0.39, 0.29) is 11.7 Å². The number of amides is 1. The SMILES string of the molecule is CC(=NCc1ccc(F)cc1)Nc1ccc2c(c1)C(NC(=O)c1ccc(Br)cc1)[C@H](O)C2. The number of aliphatic hydroxyl groups is 1. The van der Waals surface area contributed by atoms with Crippen LogP contribution in [0, 0.1) is 5.82 Å². The molecular formula is C25H23BrFN3O2. The predicted molar refractivity (Wildman–Crippen MR) is 127 cm³/mol. The lowest BCUT2D eigenvalue weighted by Gasteiger charge is -2.19. The lowest BCUT2D eigenvalue weighted by molar-refractivity contribution is 0.0858. The fraction of sp³-hybridized carbons (Fsp3) is 0.200. The first-order chi connectivity index (χ1) is 15.4. The molecule has 0 aliphatic heterocycles. The zero-order chi connectivity index (χ0) is 22.7. The summed E-state index contributed by atoms with van der Waals surface area (Å²) in [4.78, 5) is 17.2. The van der Waals surface area contributed by atoms with Crippen molar-refractivity contribution >= 4 is 33.4 Å². The standard InChI is InChI=1S/C25H23BrFN3O2/c1-15(28-14-16-2-9-20(27)10-3-16)29-21-11-6-18-12-23(31)24(22(18)13-21)30-25(32)17-4-7-19(26)8-5-17/h2-11,13,23-24,31H,12,14H2,1H3,(H,28,29)(H,30,32)/t23-,24?/m1/s1. The first kappa shape index (κ1) is 22.2. The number of amidine groups is 1. The molecular weight excluding hydrogens is 473 g/mol. The predicted octanol–water partition coefficient (Wildman–Crippen LogP) is 5.01. The highest BCUT2D eigenvalue weighted by Gasteiger charge is 2.32. The van der Waals surface area contributed by atoms with Gasteiger partial charge in [0.15, 0.2) is 0 Å². The Morgan fingerprint density at radius 2 is 1.84 bits per heavy atom. The van der Waals surface area contributed by atoms with Gasteiger partial charge in [-0.1, -0.05) is 34.1 Å². The molecule has 0 spiro atoms. The first-order valence-corrected chi connectivity index (χ1v) is 11.1. The third-order valence-corrected chi connectivity index (χ3v) is 5.95. The molecule has 0 saturated heterocycles. The van der Waals surface area contributed by atoms with Crippen LogP contribution in [0.25, 0.3) is 0 Å². The van der Waals surface area contributed by atoms with Gasteiger partial charge in [-0.15, -0.1) is 0 Å². The molecule has 4 rings (SSSR count). The van der Waals surface area contributed by atoms with Crippen molar-refractivity contribution in [3.63, 3.8) is 0 Å². The van der Waals surface area contributed by atoms with Gasteiger partial charge < -0.3 is 15.7 Å². The zero-order valence-corrected chi connectivity index (χ0v) is 19.1. The molecule has 3 aromatic carbocycles. The van der Waals surface area contributed by atoms with E-state index >= 15 is 0 Å². The van der Waals surface area contributed by atoms with E-state index in [1.807, 2.05) is 37.3 Å². The number of hydrogen-bond donors (Lipinski definition) is 3. The Bertz CT molecular complexity index is 1150. The fourth-order valence-corrected chi connectivity index (χ4v) is 4.01. The largest absolute Gasteiger partial charge is 0.390 e. The maximum absolute atomic E-state index is 13.0. The summed E-state index contributed by atoms with van der Waals surface area (Å²) >= 11 is 3.36. The van der Waals surface area contributed by atoms with Crippen LogP contribution >= 0.6 is 15.9 Å². The molecule has 3 N–H and O–H groups in total. The third-order valence-electron chi connectivity index (χ3n) is 5.43. The van der Waals surface area contributed by atoms with Gasteiger partial charge in [-0.25, -0.2) is 4.39 Å². The van der Waals surface area contributed by atoms with E-state index in [0.717, 1.165) is 26.9 Å². The summed E-state index contributed by atoms with van der Waals surface area (Å²) in [5.41, 5.74) is 4.16. The molecule has 1 amide bonds. The maximum Gasteiger partial charge on any atom is 0.251 e. The van der Waals surface area contributed by atoms with E-state index in [4.69, 9.17) is 0 Å². The van der Waals surface area contributed by atoms with Crippen LogP contribution in [0.5, 0.6) is 0 Å². The van der Waals surface area contributed by atoms with Crippen LogP contribution in [0.15, 0.2) is 76.2 Å². The number of fused-ring (bicyclic) bond motifs is 1. The summed E-state index contributed by atoms with van der Waals surface area (Å²) < 4.78 is 13.9. The average molecular weight is 496 g/mol. The van der Waals surface area contributed by atoms with Gasteiger partial charge >= 0.3 is 0 Å². The molecule has 0 heterocycles. The number of nitrogens with zero attached hydrogens (tertiary/aromatic N) is 1. The van der Waals surface area contributed by atoms with Crippen LogP contribution < -0.4 is 10.6 Å². The molecule has 1 aliphatic carbocycles. The molecule has 1 aliphatic rings. The number of aliphatic hydroxyl groups excluding tert-OH is 1. The van der Waals surface area contributed by atoms with Gasteiger partial charge in [0.2, 0.25) is 0 Å². The Hall–Kier alpha value is -3.03. The molecule has 164 valence electrons. The number of carbonyl (C=O) groups is 1. The smallest absolute Gasteiger partial charge is 0.251 e. The van der Waals surface area contributed by atoms with Gasteiger partial charge in [-0.2, -0.15) is 0 Å². The Morgan fingerprint density at radius 3 is 2.56 bits per heavy atom. The molecule has 32 heavy (non-hydrogen) atoms. The van der Waals surface area contributed by atoms with Crippen LogP contribution in [0.1, 0.15) is 40.0 Å². The Morgan fingerprint density at radius 1 is 1.12 bits per heavy atom. The molecule has 7 heteroatoms. The van der Waals surface area contributed by atoms with E-state index < -0.39 is 12.1 Å². The van der Waals surface area contributed by atoms with E-state index in [2.05, 4.69) is 31.6 Å². The van der Waals surface area contributed by atoms with Gasteiger partial charge in [0.05, 0.1) is 24.5 Å². The minimum Gasteiger partial charge on any atom is -0.390 e. The van der Waals surface area contributed by atoms with Crippen molar-refractivity contribution < 1.29 is 14.3 Å². The van der Waals surface area contributed by atoms with Crippen molar-refractivity contribution in [3.05, 3.63) is 99.3 Å². The lowest BCUT2D eigenvalue weighted by atomic mass is 10.1. The van der Waals surface area contributed by atoms with Gasteiger partial charge in [0.1, 0.15) is 5.82 Å². The number of rotatable bonds is 5. The second kappa shape index (κ2) is 9.63. The van der Waals surface area contributed by atoms with Crippen molar-refractivity contribution in [1.82, 2.24) is 5.32 Å². The minimum absolute atomic E-state index is 0.232. The van der Waals surface area contributed by atoms with Crippen molar-refractivity contribution in [2.24, 2.45) is 4.99 Å². The molecule has 3 aromatic rings. The molecule has 0 aromatic heterocycles. The minimum atomic E-state index is -0.687. The van der Waals surface area contributed by atoms with Gasteiger partial charge in [0, 0.05) is 22.1 Å². The van der Waals surface area contributed by atoms with Crippen LogP contribution in [-0.4, -0.2) is 23.0 Å². The Balaban J connectivity index is 1.46. The summed E-state index contributed by atoms with van der Waals surface area (Å²) in [5, 5.41) is 16.8. The summed E-state index contributed by atoms with van der Waals surface area (Å²) in [5.74, 6) is 0.211. The van der Waals surface area contributed by atoms with E-state index in [0.29, 0.717) is 24.4 Å². The van der Waals surface area contributed by atoms with Crippen molar-refractivity contribution in [1.29, 1.82) is 0 Å². The summed E-state index contributed by atoms with van der Waals surface area (Å²) in [6.45, 7) is 2.30. The van der Waals surface area contributed by atoms with Crippen LogP contribution in [-0.2, 0) is 13.0 Å². The molecule has 1 unspecified atom stereocenters. The number of nitrogens with one attached hydrogen (secondary N) is 2. The van der Waals surface area contributed by atoms with Crippen LogP contribution in [0.2, 0.25) is 0 Å². The van der Waals surface area contributed by atoms with Crippen LogP contribution in [0.4, 0.5) is 10.1 Å². The summed E-state index contributed by atoms with van der Waals surface area (Å²) in [6.07, 6.45) is -0.202. The topological polar surface area (TPSA) is 73.7 Å². The van der Waals surface area contributed by atoms with E-state index in [1.165, 1.54) is 12.1 Å². The molecule has 0 fully saturated rings. The monoisotopic (exact) mass is 495 g/mol. The number of carbonyl (C=O) groups excluding carboxylic acids is 1. The molecule has 0 radical (unpaired) electrons. The number of aliphatic imine (C=N–C) groups is 1. The number of anilines is 1. The highest BCUT2D eigenvalue weighted by Crippen LogP contribution is 2.34. The Kier molecular flexibility index (Phi) is 6.67. The van der Waals surface area contributed by atoms with E-state index in [9.17, 15) is 14.3 Å². The summed E-state index contributed by atoms with van der Waals surface area (Å²) in [6, 6.07) is 18.7. The van der Waals surface area contributed by atoms with Crippen molar-refractivity contribution in [2.75, 3.05) is 5.32 Å². The quantitative estimate of drug-likeness (QED) is 0.344. The second-order valence-corrected chi connectivity index (χ2v) is 8.71. The van der Waals surface area contributed by atoms with E-state index in [1.54, 1.807) is 24.3 Å². The molecule has 5 nitrogen and oxygen atoms in total. The molecule has 2 atom stereocenters. The van der Waals surface area contributed by atoms with Crippen molar-refractivity contribution in [2.45, 2.75) is 32.0 Å². The maximum atomic E-state index is 13.0. The zero-order valence-electron chi connectivity index (χ0n) is 17.5. The molecule has 0 saturated carbocycles. The average Bonchev–Trinajstić information content (AvgIpc) is 3.08. The van der Waals surface area contributed by atoms with Gasteiger partial charge in [-0.3, -0.25) is 9.79 Å². The van der Waals surface area contributed by atoms with Crippen molar-refractivity contribution in [3.8, 4) is 0 Å². The Labute approximate surface area is 194 Å². The lowest BCUT2D eigenvalue weighted by Crippen LogP contribution is -2.33. The highest BCUT2D eigenvalue weighted by atomic mass is 79.9. The van der Waals surface area contributed by atoms with Gasteiger partial charge in [-0.05, 0) is 72.1 Å². The molecule has 0 bridgehead atoms. The second-order valence-electron chi connectivity index (χ2n) is 7.80. The van der Waals surface area contributed by atoms with Gasteiger partial charge in [0.25, 0.3) is 5.91 Å².